The van der Waals surface area contributed by atoms with Crippen LogP contribution in [0.4, 0.5) is 16.2 Å². The van der Waals surface area contributed by atoms with Crippen molar-refractivity contribution in [3.63, 3.8) is 0 Å². The standard InChI is InChI=1S/C19H26N4O3/c1-14(2)12-26-18(25)22-16-7-5-6-15(10-16)21-11-17(24)23-19(13-20)8-3-4-9-19/h5-7,10,14,21H,3-4,8-9,11-12H2,1-2H3,(H,22,25)(H,23,24). The average molecular weight is 358 g/mol. The Labute approximate surface area is 154 Å². The fourth-order valence-electron chi connectivity index (χ4n) is 2.84. The second-order valence-corrected chi connectivity index (χ2v) is 7.00. The second-order valence-electron chi connectivity index (χ2n) is 7.00. The number of benzene rings is 1. The molecule has 1 aliphatic carbocycles. The molecule has 1 saturated carbocycles. The van der Waals surface area contributed by atoms with Gasteiger partial charge in [-0.15, -0.1) is 0 Å². The van der Waals surface area contributed by atoms with Crippen LogP contribution in [0.2, 0.25) is 0 Å². The fourth-order valence-corrected chi connectivity index (χ4v) is 2.84. The molecular formula is C19H26N4O3. The molecule has 1 aliphatic rings. The lowest BCUT2D eigenvalue weighted by atomic mass is 10.00. The van der Waals surface area contributed by atoms with E-state index >= 15 is 0 Å². The Morgan fingerprint density at radius 3 is 2.62 bits per heavy atom. The van der Waals surface area contributed by atoms with E-state index < -0.39 is 11.6 Å². The van der Waals surface area contributed by atoms with E-state index in [1.807, 2.05) is 13.8 Å². The lowest BCUT2D eigenvalue weighted by Crippen LogP contribution is -2.47. The normalized spacial score (nSPS) is 15.2. The maximum atomic E-state index is 12.1. The minimum absolute atomic E-state index is 0.0602. The van der Waals surface area contributed by atoms with E-state index in [1.54, 1.807) is 24.3 Å². The first-order valence-corrected chi connectivity index (χ1v) is 8.92. The summed E-state index contributed by atoms with van der Waals surface area (Å²) < 4.78 is 5.08. The molecule has 0 aliphatic heterocycles. The maximum Gasteiger partial charge on any atom is 0.411 e. The van der Waals surface area contributed by atoms with Gasteiger partial charge in [0.2, 0.25) is 5.91 Å². The quantitative estimate of drug-likeness (QED) is 0.694. The number of hydrogen-bond acceptors (Lipinski definition) is 5. The second kappa shape index (κ2) is 9.09. The van der Waals surface area contributed by atoms with Crippen LogP contribution in [0.5, 0.6) is 0 Å². The van der Waals surface area contributed by atoms with E-state index in [0.717, 1.165) is 12.8 Å². The largest absolute Gasteiger partial charge is 0.449 e. The van der Waals surface area contributed by atoms with Gasteiger partial charge in [-0.2, -0.15) is 5.26 Å². The highest BCUT2D eigenvalue weighted by atomic mass is 16.5. The van der Waals surface area contributed by atoms with E-state index in [9.17, 15) is 14.9 Å². The number of ether oxygens (including phenoxy) is 1. The van der Waals surface area contributed by atoms with Gasteiger partial charge in [-0.05, 0) is 49.8 Å². The van der Waals surface area contributed by atoms with Crippen molar-refractivity contribution in [3.05, 3.63) is 24.3 Å². The summed E-state index contributed by atoms with van der Waals surface area (Å²) in [5.74, 6) is 0.0481. The Morgan fingerprint density at radius 1 is 1.27 bits per heavy atom. The van der Waals surface area contributed by atoms with Crippen molar-refractivity contribution in [1.29, 1.82) is 5.26 Å². The third-order valence-corrected chi connectivity index (χ3v) is 4.16. The topological polar surface area (TPSA) is 103 Å². The summed E-state index contributed by atoms with van der Waals surface area (Å²) in [7, 11) is 0. The number of nitrogens with zero attached hydrogens (tertiary/aromatic N) is 1. The van der Waals surface area contributed by atoms with Gasteiger partial charge in [0, 0.05) is 11.4 Å². The number of rotatable bonds is 7. The van der Waals surface area contributed by atoms with E-state index in [4.69, 9.17) is 4.74 Å². The zero-order chi connectivity index (χ0) is 19.0. The first-order chi connectivity index (χ1) is 12.4. The van der Waals surface area contributed by atoms with Gasteiger partial charge in [-0.3, -0.25) is 10.1 Å². The monoisotopic (exact) mass is 358 g/mol. The van der Waals surface area contributed by atoms with Gasteiger partial charge >= 0.3 is 6.09 Å². The Hall–Kier alpha value is -2.75. The molecule has 2 rings (SSSR count). The molecule has 26 heavy (non-hydrogen) atoms. The van der Waals surface area contributed by atoms with E-state index in [2.05, 4.69) is 22.0 Å². The van der Waals surface area contributed by atoms with Crippen molar-refractivity contribution in [2.75, 3.05) is 23.8 Å². The molecule has 1 fully saturated rings. The highest BCUT2D eigenvalue weighted by Crippen LogP contribution is 2.28. The molecule has 140 valence electrons. The third-order valence-electron chi connectivity index (χ3n) is 4.16. The zero-order valence-corrected chi connectivity index (χ0v) is 15.3. The first kappa shape index (κ1) is 19.6. The minimum atomic E-state index is -0.720. The number of anilines is 2. The van der Waals surface area contributed by atoms with Crippen LogP contribution in [-0.4, -0.2) is 30.7 Å². The Bertz CT molecular complexity index is 676. The van der Waals surface area contributed by atoms with E-state index in [1.165, 1.54) is 0 Å². The molecular weight excluding hydrogens is 332 g/mol. The molecule has 0 aromatic heterocycles. The van der Waals surface area contributed by atoms with Gasteiger partial charge in [0.05, 0.1) is 19.2 Å². The van der Waals surface area contributed by atoms with Crippen molar-refractivity contribution in [1.82, 2.24) is 5.32 Å². The number of carbonyl (C=O) groups excluding carboxylic acids is 2. The van der Waals surface area contributed by atoms with E-state index in [-0.39, 0.29) is 18.4 Å². The summed E-state index contributed by atoms with van der Waals surface area (Å²) in [6, 6.07) is 9.27. The number of hydrogen-bond donors (Lipinski definition) is 3. The molecule has 7 nitrogen and oxygen atoms in total. The van der Waals surface area contributed by atoms with Crippen LogP contribution in [0.3, 0.4) is 0 Å². The molecule has 3 N–H and O–H groups in total. The summed E-state index contributed by atoms with van der Waals surface area (Å²) in [5, 5.41) is 17.8. The molecule has 1 aromatic carbocycles. The molecule has 0 spiro atoms. The molecule has 2 amide bonds. The van der Waals surface area contributed by atoms with Crippen molar-refractivity contribution in [2.24, 2.45) is 5.92 Å². The lowest BCUT2D eigenvalue weighted by Gasteiger charge is -2.22. The summed E-state index contributed by atoms with van der Waals surface area (Å²) in [6.45, 7) is 4.34. The van der Waals surface area contributed by atoms with Crippen molar-refractivity contribution in [2.45, 2.75) is 45.1 Å². The minimum Gasteiger partial charge on any atom is -0.449 e. The molecule has 1 aromatic rings. The van der Waals surface area contributed by atoms with Crippen LogP contribution in [0.15, 0.2) is 24.3 Å². The van der Waals surface area contributed by atoms with Gasteiger partial charge in [-0.1, -0.05) is 19.9 Å². The average Bonchev–Trinajstić information content (AvgIpc) is 3.07. The van der Waals surface area contributed by atoms with Gasteiger partial charge in [0.25, 0.3) is 0 Å². The van der Waals surface area contributed by atoms with Gasteiger partial charge in [0.15, 0.2) is 0 Å². The Balaban J connectivity index is 1.83. The molecule has 0 saturated heterocycles. The van der Waals surface area contributed by atoms with Crippen LogP contribution < -0.4 is 16.0 Å². The molecule has 0 atom stereocenters. The third kappa shape index (κ3) is 5.96. The Kier molecular flexibility index (Phi) is 6.84. The molecule has 0 unspecified atom stereocenters. The van der Waals surface area contributed by atoms with E-state index in [0.29, 0.717) is 30.8 Å². The molecule has 0 bridgehead atoms. The smallest absolute Gasteiger partial charge is 0.411 e. The highest BCUT2D eigenvalue weighted by molar-refractivity contribution is 5.86. The highest BCUT2D eigenvalue weighted by Gasteiger charge is 2.35. The number of amides is 2. The summed E-state index contributed by atoms with van der Waals surface area (Å²) in [5.41, 5.74) is 0.551. The SMILES string of the molecule is CC(C)COC(=O)Nc1cccc(NCC(=O)NC2(C#N)CCCC2)c1. The molecule has 0 radical (unpaired) electrons. The van der Waals surface area contributed by atoms with Gasteiger partial charge in [0.1, 0.15) is 5.54 Å². The predicted molar refractivity (Wildman–Crippen MR) is 99.7 cm³/mol. The van der Waals surface area contributed by atoms with Crippen molar-refractivity contribution >= 4 is 23.4 Å². The number of nitriles is 1. The zero-order valence-electron chi connectivity index (χ0n) is 15.3. The van der Waals surface area contributed by atoms with Crippen LogP contribution in [0.25, 0.3) is 0 Å². The summed E-state index contributed by atoms with van der Waals surface area (Å²) in [4.78, 5) is 23.8. The fraction of sp³-hybridized carbons (Fsp3) is 0.526. The van der Waals surface area contributed by atoms with Gasteiger partial charge in [-0.25, -0.2) is 4.79 Å². The Morgan fingerprint density at radius 2 is 1.96 bits per heavy atom. The number of nitrogens with one attached hydrogen (secondary N) is 3. The van der Waals surface area contributed by atoms with Crippen molar-refractivity contribution in [3.8, 4) is 6.07 Å². The first-order valence-electron chi connectivity index (χ1n) is 8.92. The maximum absolute atomic E-state index is 12.1. The van der Waals surface area contributed by atoms with Crippen molar-refractivity contribution < 1.29 is 14.3 Å². The summed E-state index contributed by atoms with van der Waals surface area (Å²) >= 11 is 0. The lowest BCUT2D eigenvalue weighted by molar-refractivity contribution is -0.120. The predicted octanol–water partition coefficient (Wildman–Crippen LogP) is 3.26. The molecule has 0 heterocycles. The van der Waals surface area contributed by atoms with Crippen LogP contribution in [0.1, 0.15) is 39.5 Å². The number of carbonyl (C=O) groups is 2. The van der Waals surface area contributed by atoms with Crippen LogP contribution in [0, 0.1) is 17.2 Å². The van der Waals surface area contributed by atoms with Gasteiger partial charge < -0.3 is 15.4 Å². The molecule has 7 heteroatoms. The van der Waals surface area contributed by atoms with Crippen LogP contribution >= 0.6 is 0 Å². The summed E-state index contributed by atoms with van der Waals surface area (Å²) in [6.07, 6.45) is 2.81. The van der Waals surface area contributed by atoms with Crippen LogP contribution in [-0.2, 0) is 9.53 Å².